The zero-order valence-electron chi connectivity index (χ0n) is 12.7. The van der Waals surface area contributed by atoms with Gasteiger partial charge in [0.15, 0.2) is 0 Å². The van der Waals surface area contributed by atoms with Crippen LogP contribution in [0.2, 0.25) is 5.02 Å². The van der Waals surface area contributed by atoms with E-state index in [9.17, 15) is 0 Å². The molecule has 3 heterocycles. The predicted molar refractivity (Wildman–Crippen MR) is 86.4 cm³/mol. The fourth-order valence-corrected chi connectivity index (χ4v) is 3.57. The lowest BCUT2D eigenvalue weighted by Gasteiger charge is -2.33. The zero-order valence-corrected chi connectivity index (χ0v) is 13.4. The second-order valence-electron chi connectivity index (χ2n) is 6.25. The predicted octanol–water partition coefficient (Wildman–Crippen LogP) is 2.92. The second kappa shape index (κ2) is 5.82. The smallest absolute Gasteiger partial charge is 0.147 e. The Morgan fingerprint density at radius 1 is 1.30 bits per heavy atom. The van der Waals surface area contributed by atoms with Crippen molar-refractivity contribution in [1.82, 2.24) is 19.7 Å². The van der Waals surface area contributed by atoms with Gasteiger partial charge in [0.1, 0.15) is 24.0 Å². The Morgan fingerprint density at radius 3 is 2.91 bits per heavy atom. The van der Waals surface area contributed by atoms with Crippen LogP contribution in [-0.4, -0.2) is 32.8 Å². The normalized spacial score (nSPS) is 21.2. The third-order valence-electron chi connectivity index (χ3n) is 4.58. The second-order valence-corrected chi connectivity index (χ2v) is 6.66. The van der Waals surface area contributed by atoms with Crippen molar-refractivity contribution in [2.45, 2.75) is 37.6 Å². The van der Waals surface area contributed by atoms with Crippen molar-refractivity contribution in [3.63, 3.8) is 0 Å². The maximum atomic E-state index is 8.94. The zero-order chi connectivity index (χ0) is 15.8. The van der Waals surface area contributed by atoms with Crippen LogP contribution < -0.4 is 4.90 Å². The van der Waals surface area contributed by atoms with Crippen molar-refractivity contribution >= 4 is 17.4 Å². The number of aromatic nitrogens is 4. The van der Waals surface area contributed by atoms with Crippen molar-refractivity contribution in [2.75, 3.05) is 18.0 Å². The number of hydrogen-bond donors (Lipinski definition) is 0. The highest BCUT2D eigenvalue weighted by atomic mass is 35.5. The van der Waals surface area contributed by atoms with Gasteiger partial charge in [0.25, 0.3) is 0 Å². The number of rotatable bonds is 3. The summed E-state index contributed by atoms with van der Waals surface area (Å²) in [7, 11) is 0. The molecule has 0 bridgehead atoms. The SMILES string of the molecule is N#Cc1cnc(N2CCCC(c3nncn3C3CC3)C2)c(Cl)c1. The van der Waals surface area contributed by atoms with Crippen LogP contribution in [-0.2, 0) is 0 Å². The van der Waals surface area contributed by atoms with Crippen molar-refractivity contribution in [1.29, 1.82) is 5.26 Å². The van der Waals surface area contributed by atoms with Crippen molar-refractivity contribution in [2.24, 2.45) is 0 Å². The summed E-state index contributed by atoms with van der Waals surface area (Å²) in [5.41, 5.74) is 0.487. The van der Waals surface area contributed by atoms with Gasteiger partial charge < -0.3 is 9.47 Å². The van der Waals surface area contributed by atoms with Gasteiger partial charge in [-0.2, -0.15) is 5.26 Å². The van der Waals surface area contributed by atoms with Gasteiger partial charge in [0.05, 0.1) is 10.6 Å². The van der Waals surface area contributed by atoms with Gasteiger partial charge >= 0.3 is 0 Å². The molecule has 1 atom stereocenters. The Morgan fingerprint density at radius 2 is 2.17 bits per heavy atom. The van der Waals surface area contributed by atoms with Gasteiger partial charge in [0.2, 0.25) is 0 Å². The van der Waals surface area contributed by atoms with E-state index in [4.69, 9.17) is 16.9 Å². The maximum Gasteiger partial charge on any atom is 0.147 e. The largest absolute Gasteiger partial charge is 0.355 e. The van der Waals surface area contributed by atoms with Gasteiger partial charge in [-0.1, -0.05) is 11.6 Å². The van der Waals surface area contributed by atoms with E-state index >= 15 is 0 Å². The molecule has 0 radical (unpaired) electrons. The molecule has 1 saturated carbocycles. The number of piperidine rings is 1. The molecule has 1 unspecified atom stereocenters. The van der Waals surface area contributed by atoms with E-state index in [0.717, 1.165) is 37.6 Å². The van der Waals surface area contributed by atoms with Crippen LogP contribution >= 0.6 is 11.6 Å². The van der Waals surface area contributed by atoms with E-state index in [1.165, 1.54) is 12.8 Å². The van der Waals surface area contributed by atoms with Gasteiger partial charge in [-0.05, 0) is 31.7 Å². The lowest BCUT2D eigenvalue weighted by atomic mass is 9.97. The van der Waals surface area contributed by atoms with E-state index in [0.29, 0.717) is 22.5 Å². The Bertz CT molecular complexity index is 760. The molecule has 0 amide bonds. The average Bonchev–Trinajstić information content (AvgIpc) is 3.31. The van der Waals surface area contributed by atoms with E-state index < -0.39 is 0 Å². The summed E-state index contributed by atoms with van der Waals surface area (Å²) in [6.07, 6.45) is 8.07. The topological polar surface area (TPSA) is 70.6 Å². The monoisotopic (exact) mass is 328 g/mol. The average molecular weight is 329 g/mol. The number of nitrogens with zero attached hydrogens (tertiary/aromatic N) is 6. The van der Waals surface area contributed by atoms with E-state index in [1.807, 2.05) is 6.33 Å². The molecular weight excluding hydrogens is 312 g/mol. The van der Waals surface area contributed by atoms with E-state index in [2.05, 4.69) is 30.7 Å². The Hall–Kier alpha value is -2.13. The van der Waals surface area contributed by atoms with Crippen LogP contribution in [0.25, 0.3) is 0 Å². The summed E-state index contributed by atoms with van der Waals surface area (Å²) in [6.45, 7) is 1.76. The fraction of sp³-hybridized carbons (Fsp3) is 0.500. The molecule has 2 fully saturated rings. The molecule has 0 N–H and O–H groups in total. The minimum Gasteiger partial charge on any atom is -0.355 e. The van der Waals surface area contributed by atoms with Crippen molar-refractivity contribution < 1.29 is 0 Å². The first-order valence-corrected chi connectivity index (χ1v) is 8.34. The maximum absolute atomic E-state index is 8.94. The number of hydrogen-bond acceptors (Lipinski definition) is 5. The lowest BCUT2D eigenvalue weighted by molar-refractivity contribution is 0.469. The van der Waals surface area contributed by atoms with Crippen LogP contribution in [0, 0.1) is 11.3 Å². The third kappa shape index (κ3) is 2.77. The summed E-state index contributed by atoms with van der Waals surface area (Å²) in [5.74, 6) is 2.19. The molecule has 1 aliphatic carbocycles. The highest BCUT2D eigenvalue weighted by Gasteiger charge is 2.32. The van der Waals surface area contributed by atoms with E-state index in [1.54, 1.807) is 12.3 Å². The Balaban J connectivity index is 1.57. The third-order valence-corrected chi connectivity index (χ3v) is 4.86. The standard InChI is InChI=1S/C16H17ClN6/c17-14-6-11(7-18)8-19-16(14)22-5-1-2-12(9-22)15-21-20-10-23(15)13-3-4-13/h6,8,10,12-13H,1-5,9H2. The molecule has 23 heavy (non-hydrogen) atoms. The van der Waals surface area contributed by atoms with Crippen LogP contribution in [0.1, 0.15) is 49.0 Å². The molecule has 0 aromatic carbocycles. The minimum atomic E-state index is 0.348. The molecule has 2 aliphatic rings. The fourth-order valence-electron chi connectivity index (χ4n) is 3.28. The molecule has 6 nitrogen and oxygen atoms in total. The highest BCUT2D eigenvalue weighted by molar-refractivity contribution is 6.33. The Kier molecular flexibility index (Phi) is 3.66. The van der Waals surface area contributed by atoms with Crippen LogP contribution in [0.5, 0.6) is 0 Å². The van der Waals surface area contributed by atoms with Crippen molar-refractivity contribution in [3.05, 3.63) is 35.0 Å². The molecule has 2 aromatic rings. The Labute approximate surface area is 139 Å². The van der Waals surface area contributed by atoms with Crippen LogP contribution in [0.3, 0.4) is 0 Å². The van der Waals surface area contributed by atoms with Gasteiger partial charge in [0, 0.05) is 31.2 Å². The van der Waals surface area contributed by atoms with Gasteiger partial charge in [-0.15, -0.1) is 10.2 Å². The summed E-state index contributed by atoms with van der Waals surface area (Å²) in [5, 5.41) is 18.0. The van der Waals surface area contributed by atoms with Gasteiger partial charge in [-0.25, -0.2) is 4.98 Å². The number of pyridine rings is 1. The van der Waals surface area contributed by atoms with Crippen molar-refractivity contribution in [3.8, 4) is 6.07 Å². The van der Waals surface area contributed by atoms with Gasteiger partial charge in [-0.3, -0.25) is 0 Å². The lowest BCUT2D eigenvalue weighted by Crippen LogP contribution is -2.36. The first kappa shape index (κ1) is 14.5. The molecule has 1 aliphatic heterocycles. The molecule has 4 rings (SSSR count). The number of halogens is 1. The summed E-state index contributed by atoms with van der Waals surface area (Å²) in [4.78, 5) is 6.59. The van der Waals surface area contributed by atoms with E-state index in [-0.39, 0.29) is 0 Å². The molecular formula is C16H17ClN6. The first-order valence-electron chi connectivity index (χ1n) is 7.96. The summed E-state index contributed by atoms with van der Waals surface area (Å²) in [6, 6.07) is 4.34. The number of nitriles is 1. The molecule has 1 saturated heterocycles. The molecule has 118 valence electrons. The minimum absolute atomic E-state index is 0.348. The molecule has 7 heteroatoms. The molecule has 2 aromatic heterocycles. The first-order chi connectivity index (χ1) is 11.3. The summed E-state index contributed by atoms with van der Waals surface area (Å²) < 4.78 is 2.24. The quantitative estimate of drug-likeness (QED) is 0.866. The van der Waals surface area contributed by atoms with Crippen LogP contribution in [0.4, 0.5) is 5.82 Å². The summed E-state index contributed by atoms with van der Waals surface area (Å²) >= 11 is 6.32. The highest BCUT2D eigenvalue weighted by Crippen LogP contribution is 2.38. The molecule has 0 spiro atoms. The number of anilines is 1. The van der Waals surface area contributed by atoms with Crippen LogP contribution in [0.15, 0.2) is 18.6 Å².